The van der Waals surface area contributed by atoms with Crippen LogP contribution >= 0.6 is 0 Å². The molecule has 0 aliphatic heterocycles. The number of benzene rings is 2. The van der Waals surface area contributed by atoms with Crippen LogP contribution in [0.1, 0.15) is 10.4 Å². The molecule has 0 atom stereocenters. The van der Waals surface area contributed by atoms with E-state index >= 15 is 0 Å². The van der Waals surface area contributed by atoms with Gasteiger partial charge in [-0.3, -0.25) is 0 Å². The number of aromatic carboxylic acids is 1. The highest BCUT2D eigenvalue weighted by molar-refractivity contribution is 6.12. The largest absolute Gasteiger partial charge is 0.478 e. The van der Waals surface area contributed by atoms with Gasteiger partial charge in [-0.25, -0.2) is 9.78 Å². The molecule has 0 radical (unpaired) electrons. The Labute approximate surface area is 131 Å². The van der Waals surface area contributed by atoms with E-state index in [1.807, 2.05) is 30.3 Å². The van der Waals surface area contributed by atoms with Crippen molar-refractivity contribution in [1.82, 2.24) is 9.97 Å². The maximum absolute atomic E-state index is 11.4. The maximum atomic E-state index is 11.4. The Hall–Kier alpha value is -3.34. The van der Waals surface area contributed by atoms with E-state index in [9.17, 15) is 9.90 Å². The van der Waals surface area contributed by atoms with Crippen LogP contribution in [-0.2, 0) is 0 Å². The molecule has 5 heteroatoms. The van der Waals surface area contributed by atoms with Crippen LogP contribution in [0.3, 0.4) is 0 Å². The number of nitrogens with one attached hydrogen (secondary N) is 2. The van der Waals surface area contributed by atoms with E-state index in [4.69, 9.17) is 0 Å². The van der Waals surface area contributed by atoms with E-state index in [0.29, 0.717) is 5.69 Å². The Morgan fingerprint density at radius 3 is 2.74 bits per heavy atom. The van der Waals surface area contributed by atoms with Gasteiger partial charge in [0.1, 0.15) is 0 Å². The fraction of sp³-hybridized carbons (Fsp3) is 0. The summed E-state index contributed by atoms with van der Waals surface area (Å²) in [6, 6.07) is 14.9. The van der Waals surface area contributed by atoms with Crippen molar-refractivity contribution < 1.29 is 9.90 Å². The quantitative estimate of drug-likeness (QED) is 0.531. The van der Waals surface area contributed by atoms with Crippen molar-refractivity contribution in [3.8, 4) is 0 Å². The van der Waals surface area contributed by atoms with Crippen molar-refractivity contribution in [1.29, 1.82) is 0 Å². The summed E-state index contributed by atoms with van der Waals surface area (Å²) in [4.78, 5) is 18.7. The SMILES string of the molecule is O=C(O)c1ccccc1Nc1cc2cnc[nH]c2c2cccc12. The van der Waals surface area contributed by atoms with Crippen LogP contribution in [0.2, 0.25) is 0 Å². The van der Waals surface area contributed by atoms with Gasteiger partial charge in [0.25, 0.3) is 0 Å². The van der Waals surface area contributed by atoms with Crippen molar-refractivity contribution in [2.24, 2.45) is 0 Å². The second-order valence-corrected chi connectivity index (χ2v) is 5.27. The molecule has 1 heterocycles. The van der Waals surface area contributed by atoms with Crippen LogP contribution in [0.25, 0.3) is 21.7 Å². The van der Waals surface area contributed by atoms with Gasteiger partial charge in [-0.2, -0.15) is 0 Å². The number of rotatable bonds is 3. The number of hydrogen-bond acceptors (Lipinski definition) is 3. The second-order valence-electron chi connectivity index (χ2n) is 5.27. The summed E-state index contributed by atoms with van der Waals surface area (Å²) in [5.41, 5.74) is 2.67. The minimum Gasteiger partial charge on any atom is -0.478 e. The first-order valence-corrected chi connectivity index (χ1v) is 7.17. The zero-order valence-corrected chi connectivity index (χ0v) is 12.1. The molecular weight excluding hydrogens is 290 g/mol. The normalized spacial score (nSPS) is 11.0. The maximum Gasteiger partial charge on any atom is 0.337 e. The molecule has 4 aromatic rings. The van der Waals surface area contributed by atoms with Gasteiger partial charge in [0.05, 0.1) is 23.1 Å². The van der Waals surface area contributed by atoms with Crippen molar-refractivity contribution in [2.75, 3.05) is 5.32 Å². The number of anilines is 2. The third kappa shape index (κ3) is 2.19. The summed E-state index contributed by atoms with van der Waals surface area (Å²) in [5, 5.41) is 15.6. The van der Waals surface area contributed by atoms with Crippen molar-refractivity contribution >= 4 is 39.0 Å². The van der Waals surface area contributed by atoms with Gasteiger partial charge in [-0.1, -0.05) is 30.3 Å². The zero-order chi connectivity index (χ0) is 15.8. The number of aromatic nitrogens is 2. The highest BCUT2D eigenvalue weighted by atomic mass is 16.4. The Balaban J connectivity index is 1.92. The number of carbonyl (C=O) groups is 1. The average molecular weight is 303 g/mol. The lowest BCUT2D eigenvalue weighted by molar-refractivity contribution is 0.0698. The number of nitrogens with zero attached hydrogens (tertiary/aromatic N) is 1. The molecule has 1 aromatic heterocycles. The molecule has 3 aromatic carbocycles. The molecule has 0 amide bonds. The number of fused-ring (bicyclic) bond motifs is 3. The lowest BCUT2D eigenvalue weighted by Crippen LogP contribution is -2.02. The molecule has 112 valence electrons. The summed E-state index contributed by atoms with van der Waals surface area (Å²) in [6.07, 6.45) is 3.44. The van der Waals surface area contributed by atoms with Crippen molar-refractivity contribution in [3.63, 3.8) is 0 Å². The van der Waals surface area contributed by atoms with Gasteiger partial charge in [-0.05, 0) is 18.2 Å². The van der Waals surface area contributed by atoms with E-state index in [1.165, 1.54) is 0 Å². The van der Waals surface area contributed by atoms with Crippen LogP contribution in [0.5, 0.6) is 0 Å². The Morgan fingerprint density at radius 2 is 1.87 bits per heavy atom. The number of carboxylic acids is 1. The first kappa shape index (κ1) is 13.3. The third-order valence-corrected chi connectivity index (χ3v) is 3.89. The summed E-state index contributed by atoms with van der Waals surface area (Å²) in [5.74, 6) is -0.956. The number of aromatic amines is 1. The molecule has 23 heavy (non-hydrogen) atoms. The highest BCUT2D eigenvalue weighted by Gasteiger charge is 2.12. The predicted molar refractivity (Wildman–Crippen MR) is 90.3 cm³/mol. The number of hydrogen-bond donors (Lipinski definition) is 3. The lowest BCUT2D eigenvalue weighted by atomic mass is 10.1. The van der Waals surface area contributed by atoms with Crippen LogP contribution in [0.15, 0.2) is 61.1 Å². The summed E-state index contributed by atoms with van der Waals surface area (Å²) in [6.45, 7) is 0. The highest BCUT2D eigenvalue weighted by Crippen LogP contribution is 2.33. The molecule has 0 saturated heterocycles. The van der Waals surface area contributed by atoms with Crippen molar-refractivity contribution in [3.05, 3.63) is 66.6 Å². The van der Waals surface area contributed by atoms with Crippen molar-refractivity contribution in [2.45, 2.75) is 0 Å². The first-order chi connectivity index (χ1) is 11.2. The van der Waals surface area contributed by atoms with E-state index < -0.39 is 5.97 Å². The molecule has 0 unspecified atom stereocenters. The predicted octanol–water partition coefficient (Wildman–Crippen LogP) is 4.16. The van der Waals surface area contributed by atoms with Gasteiger partial charge in [0.2, 0.25) is 0 Å². The van der Waals surface area contributed by atoms with E-state index in [2.05, 4.69) is 15.3 Å². The summed E-state index contributed by atoms with van der Waals surface area (Å²) >= 11 is 0. The first-order valence-electron chi connectivity index (χ1n) is 7.17. The van der Waals surface area contributed by atoms with E-state index in [1.54, 1.807) is 30.7 Å². The van der Waals surface area contributed by atoms with Gasteiger partial charge in [-0.15, -0.1) is 0 Å². The second kappa shape index (κ2) is 5.14. The molecule has 0 fully saturated rings. The average Bonchev–Trinajstić information content (AvgIpc) is 3.05. The van der Waals surface area contributed by atoms with Crippen LogP contribution in [0.4, 0.5) is 11.4 Å². The third-order valence-electron chi connectivity index (χ3n) is 3.89. The van der Waals surface area contributed by atoms with E-state index in [-0.39, 0.29) is 5.56 Å². The molecular formula is C18H13N3O2. The number of carboxylic acid groups (broad SMARTS) is 1. The van der Waals surface area contributed by atoms with E-state index in [0.717, 1.165) is 27.4 Å². The lowest BCUT2D eigenvalue weighted by Gasteiger charge is -2.12. The minimum absolute atomic E-state index is 0.241. The Morgan fingerprint density at radius 1 is 1.04 bits per heavy atom. The fourth-order valence-corrected chi connectivity index (χ4v) is 2.84. The van der Waals surface area contributed by atoms with Gasteiger partial charge in [0, 0.05) is 28.0 Å². The smallest absolute Gasteiger partial charge is 0.337 e. The van der Waals surface area contributed by atoms with Crippen LogP contribution in [0, 0.1) is 0 Å². The molecule has 4 rings (SSSR count). The monoisotopic (exact) mass is 303 g/mol. The summed E-state index contributed by atoms with van der Waals surface area (Å²) in [7, 11) is 0. The number of para-hydroxylation sites is 1. The molecule has 0 aliphatic carbocycles. The van der Waals surface area contributed by atoms with Crippen LogP contribution < -0.4 is 5.32 Å². The number of H-pyrrole nitrogens is 1. The molecule has 0 aliphatic rings. The summed E-state index contributed by atoms with van der Waals surface area (Å²) < 4.78 is 0. The van der Waals surface area contributed by atoms with Gasteiger partial charge in [0.15, 0.2) is 0 Å². The Bertz CT molecular complexity index is 1040. The van der Waals surface area contributed by atoms with Gasteiger partial charge >= 0.3 is 5.97 Å². The minimum atomic E-state index is -0.956. The fourth-order valence-electron chi connectivity index (χ4n) is 2.84. The molecule has 3 N–H and O–H groups in total. The standard InChI is InChI=1S/C18H13N3O2/c22-18(23)14-4-1-2-7-15(14)21-16-8-11-9-19-10-20-17(11)13-6-3-5-12(13)16/h1-10,21H,(H,19,20)(H,22,23). The molecule has 0 saturated carbocycles. The Kier molecular flexibility index (Phi) is 2.98. The molecule has 0 spiro atoms. The van der Waals surface area contributed by atoms with Crippen LogP contribution in [-0.4, -0.2) is 21.0 Å². The zero-order valence-electron chi connectivity index (χ0n) is 12.1. The van der Waals surface area contributed by atoms with Gasteiger partial charge < -0.3 is 15.4 Å². The molecule has 0 bridgehead atoms. The topological polar surface area (TPSA) is 78.0 Å². The molecule has 5 nitrogen and oxygen atoms in total.